The number of carboxylic acid groups (broad SMARTS) is 1. The van der Waals surface area contributed by atoms with E-state index in [4.69, 9.17) is 9.90 Å². The number of pyridine rings is 1. The van der Waals surface area contributed by atoms with Crippen LogP contribution in [0.1, 0.15) is 39.9 Å². The Kier molecular flexibility index (Phi) is 9.43. The Morgan fingerprint density at radius 3 is 2.10 bits per heavy atom. The summed E-state index contributed by atoms with van der Waals surface area (Å²) in [5.41, 5.74) is 3.38. The monoisotopic (exact) mass is 571 g/mol. The molecule has 10 nitrogen and oxygen atoms in total. The van der Waals surface area contributed by atoms with Crippen molar-refractivity contribution < 1.29 is 36.3 Å². The van der Waals surface area contributed by atoms with E-state index in [1.54, 1.807) is 19.1 Å². The third kappa shape index (κ3) is 7.60. The van der Waals surface area contributed by atoms with Crippen LogP contribution >= 0.6 is 0 Å². The fourth-order valence-electron chi connectivity index (χ4n) is 4.32. The molecule has 2 saturated heterocycles. The fourth-order valence-corrected chi connectivity index (χ4v) is 5.67. The maximum absolute atomic E-state index is 13.3. The number of likely N-dealkylation sites (tertiary alicyclic amines) is 1. The van der Waals surface area contributed by atoms with Crippen LogP contribution in [-0.4, -0.2) is 80.7 Å². The lowest BCUT2D eigenvalue weighted by Gasteiger charge is -2.30. The van der Waals surface area contributed by atoms with Crippen LogP contribution in [0.2, 0.25) is 0 Å². The number of carbonyl (C=O) groups excluding carboxylic acids is 1. The molecule has 0 bridgehead atoms. The molecule has 2 aliphatic rings. The summed E-state index contributed by atoms with van der Waals surface area (Å²) in [7, 11) is -3.82. The number of hydrogen-bond acceptors (Lipinski definition) is 7. The minimum Gasteiger partial charge on any atom is -0.475 e. The zero-order chi connectivity index (χ0) is 29.0. The Hall–Kier alpha value is -3.39. The number of sulfonamides is 1. The lowest BCUT2D eigenvalue weighted by Crippen LogP contribution is -2.45. The molecule has 1 amide bonds. The molecule has 2 aliphatic heterocycles. The molecular formula is C25H32F3N5O5S. The van der Waals surface area contributed by atoms with Gasteiger partial charge in [-0.25, -0.2) is 18.2 Å². The predicted molar refractivity (Wildman–Crippen MR) is 140 cm³/mol. The SMILES string of the molecule is Cc1cc(C)c(S(=O)(=O)Nc2cnc(N3CCNCC3)c(C(=O)N3CCCC3)c2)cc1C.O=C(O)C(F)(F)F. The number of halogens is 3. The first-order valence-corrected chi connectivity index (χ1v) is 13.8. The van der Waals surface area contributed by atoms with Crippen LogP contribution in [0, 0.1) is 20.8 Å². The van der Waals surface area contributed by atoms with Crippen molar-refractivity contribution in [1.82, 2.24) is 15.2 Å². The van der Waals surface area contributed by atoms with Crippen LogP contribution in [0.5, 0.6) is 0 Å². The summed E-state index contributed by atoms with van der Waals surface area (Å²) in [4.78, 5) is 30.9. The summed E-state index contributed by atoms with van der Waals surface area (Å²) >= 11 is 0. The second kappa shape index (κ2) is 12.2. The van der Waals surface area contributed by atoms with Crippen molar-refractivity contribution in [3.63, 3.8) is 0 Å². The van der Waals surface area contributed by atoms with Crippen LogP contribution in [-0.2, 0) is 14.8 Å². The number of aromatic nitrogens is 1. The van der Waals surface area contributed by atoms with E-state index in [9.17, 15) is 26.4 Å². The van der Waals surface area contributed by atoms with Crippen LogP contribution in [0.3, 0.4) is 0 Å². The number of nitrogens with zero attached hydrogens (tertiary/aromatic N) is 3. The zero-order valence-electron chi connectivity index (χ0n) is 21.9. The predicted octanol–water partition coefficient (Wildman–Crippen LogP) is 3.09. The van der Waals surface area contributed by atoms with Gasteiger partial charge >= 0.3 is 12.1 Å². The Morgan fingerprint density at radius 1 is 0.974 bits per heavy atom. The largest absolute Gasteiger partial charge is 0.490 e. The van der Waals surface area contributed by atoms with Gasteiger partial charge in [-0.3, -0.25) is 9.52 Å². The van der Waals surface area contributed by atoms with Gasteiger partial charge in [-0.05, 0) is 62.4 Å². The molecule has 214 valence electrons. The van der Waals surface area contributed by atoms with Crippen molar-refractivity contribution in [3.05, 3.63) is 46.6 Å². The summed E-state index contributed by atoms with van der Waals surface area (Å²) in [6.07, 6.45) is -1.60. The first-order valence-electron chi connectivity index (χ1n) is 12.4. The quantitative estimate of drug-likeness (QED) is 0.499. The summed E-state index contributed by atoms with van der Waals surface area (Å²) < 4.78 is 60.7. The van der Waals surface area contributed by atoms with Gasteiger partial charge in [-0.15, -0.1) is 0 Å². The van der Waals surface area contributed by atoms with Gasteiger partial charge in [-0.1, -0.05) is 6.07 Å². The van der Waals surface area contributed by atoms with Gasteiger partial charge in [0.15, 0.2) is 0 Å². The summed E-state index contributed by atoms with van der Waals surface area (Å²) in [5, 5.41) is 10.4. The van der Waals surface area contributed by atoms with E-state index < -0.39 is 22.2 Å². The molecule has 2 fully saturated rings. The Bertz CT molecular complexity index is 1320. The number of amides is 1. The fraction of sp³-hybridized carbons (Fsp3) is 0.480. The molecular weight excluding hydrogens is 539 g/mol. The first-order chi connectivity index (χ1) is 18.2. The highest BCUT2D eigenvalue weighted by atomic mass is 32.2. The number of rotatable bonds is 5. The van der Waals surface area contributed by atoms with Gasteiger partial charge in [0.2, 0.25) is 0 Å². The third-order valence-corrected chi connectivity index (χ3v) is 8.01. The average molecular weight is 572 g/mol. The molecule has 0 aliphatic carbocycles. The van der Waals surface area contributed by atoms with Crippen LogP contribution in [0.25, 0.3) is 0 Å². The van der Waals surface area contributed by atoms with E-state index in [1.165, 1.54) is 6.20 Å². The topological polar surface area (TPSA) is 132 Å². The molecule has 2 aromatic rings. The Labute approximate surface area is 225 Å². The number of hydrogen-bond donors (Lipinski definition) is 3. The lowest BCUT2D eigenvalue weighted by atomic mass is 10.1. The number of alkyl halides is 3. The lowest BCUT2D eigenvalue weighted by molar-refractivity contribution is -0.192. The second-order valence-corrected chi connectivity index (χ2v) is 11.1. The molecule has 0 saturated carbocycles. The van der Waals surface area contributed by atoms with E-state index in [0.717, 1.165) is 63.2 Å². The number of carboxylic acids is 1. The Morgan fingerprint density at radius 2 is 1.54 bits per heavy atom. The maximum atomic E-state index is 13.3. The molecule has 14 heteroatoms. The van der Waals surface area contributed by atoms with Crippen molar-refractivity contribution in [2.24, 2.45) is 0 Å². The summed E-state index contributed by atoms with van der Waals surface area (Å²) in [5.74, 6) is -2.23. The molecule has 3 heterocycles. The average Bonchev–Trinajstić information content (AvgIpc) is 3.41. The molecule has 1 aromatic heterocycles. The summed E-state index contributed by atoms with van der Waals surface area (Å²) in [6.45, 7) is 10.2. The number of aryl methyl sites for hydroxylation is 3. The number of benzene rings is 1. The van der Waals surface area contributed by atoms with E-state index in [1.807, 2.05) is 24.8 Å². The highest BCUT2D eigenvalue weighted by Crippen LogP contribution is 2.28. The standard InChI is InChI=1S/C23H31N5O3S.C2HF3O2/c1-16-12-18(3)21(13-17(16)2)32(30,31)26-19-14-20(23(29)28-8-4-5-9-28)22(25-15-19)27-10-6-24-7-11-27;3-2(4,5)1(6)7/h12-15,24,26H,4-11H2,1-3H3;(H,6,7). The van der Waals surface area contributed by atoms with E-state index in [-0.39, 0.29) is 10.8 Å². The van der Waals surface area contributed by atoms with E-state index in [2.05, 4.69) is 19.9 Å². The van der Waals surface area contributed by atoms with Crippen molar-refractivity contribution >= 4 is 33.4 Å². The smallest absolute Gasteiger partial charge is 0.475 e. The van der Waals surface area contributed by atoms with Gasteiger partial charge in [-0.2, -0.15) is 13.2 Å². The van der Waals surface area contributed by atoms with Crippen LogP contribution in [0.15, 0.2) is 29.3 Å². The van der Waals surface area contributed by atoms with Crippen molar-refractivity contribution in [2.45, 2.75) is 44.7 Å². The third-order valence-electron chi connectivity index (χ3n) is 6.48. The maximum Gasteiger partial charge on any atom is 0.490 e. The molecule has 3 N–H and O–H groups in total. The molecule has 1 aromatic carbocycles. The van der Waals surface area contributed by atoms with Gasteiger partial charge in [0, 0.05) is 39.3 Å². The van der Waals surface area contributed by atoms with Crippen LogP contribution in [0.4, 0.5) is 24.7 Å². The minimum absolute atomic E-state index is 0.0908. The molecule has 39 heavy (non-hydrogen) atoms. The number of aliphatic carboxylic acids is 1. The molecule has 0 spiro atoms. The van der Waals surface area contributed by atoms with Gasteiger partial charge in [0.1, 0.15) is 5.82 Å². The first kappa shape index (κ1) is 30.2. The van der Waals surface area contributed by atoms with E-state index >= 15 is 0 Å². The van der Waals surface area contributed by atoms with Gasteiger partial charge in [0.05, 0.1) is 22.3 Å². The summed E-state index contributed by atoms with van der Waals surface area (Å²) in [6, 6.07) is 5.20. The van der Waals surface area contributed by atoms with Gasteiger partial charge in [0.25, 0.3) is 15.9 Å². The normalized spacial score (nSPS) is 15.9. The number of nitrogens with one attached hydrogen (secondary N) is 2. The van der Waals surface area contributed by atoms with Crippen LogP contribution < -0.4 is 14.9 Å². The molecule has 4 rings (SSSR count). The van der Waals surface area contributed by atoms with Crippen molar-refractivity contribution in [3.8, 4) is 0 Å². The van der Waals surface area contributed by atoms with Gasteiger partial charge < -0.3 is 20.2 Å². The van der Waals surface area contributed by atoms with E-state index in [0.29, 0.717) is 22.6 Å². The number of carbonyl (C=O) groups is 2. The molecule has 0 atom stereocenters. The molecule has 0 unspecified atom stereocenters. The number of piperazine rings is 1. The minimum atomic E-state index is -5.08. The van der Waals surface area contributed by atoms with Crippen molar-refractivity contribution in [2.75, 3.05) is 48.9 Å². The highest BCUT2D eigenvalue weighted by Gasteiger charge is 2.38. The number of anilines is 2. The Balaban J connectivity index is 0.000000532. The highest BCUT2D eigenvalue weighted by molar-refractivity contribution is 7.92. The zero-order valence-corrected chi connectivity index (χ0v) is 22.7. The second-order valence-electron chi connectivity index (χ2n) is 9.44. The van der Waals surface area contributed by atoms with Crippen molar-refractivity contribution in [1.29, 1.82) is 0 Å². The molecule has 0 radical (unpaired) electrons.